The highest BCUT2D eigenvalue weighted by molar-refractivity contribution is 5.27. The minimum atomic E-state index is 0. The van der Waals surface area contributed by atoms with Crippen molar-refractivity contribution in [3.63, 3.8) is 0 Å². The average molecular weight is 587 g/mol. The Bertz CT molecular complexity index is 387. The zero-order valence-corrected chi connectivity index (χ0v) is 16.9. The van der Waals surface area contributed by atoms with Gasteiger partial charge in [-0.1, -0.05) is 151 Å². The summed E-state index contributed by atoms with van der Waals surface area (Å²) in [6.45, 7) is 0. The Labute approximate surface area is 249 Å². The maximum Gasteiger partial charge on any atom is 0.231 e. The summed E-state index contributed by atoms with van der Waals surface area (Å²) in [4.78, 5) is 50.1. The first kappa shape index (κ1) is 110. The van der Waals surface area contributed by atoms with E-state index in [-0.39, 0.29) is 74.3 Å². The van der Waals surface area contributed by atoms with Crippen molar-refractivity contribution < 1.29 is 28.8 Å². The lowest BCUT2D eigenvalue weighted by Crippen LogP contribution is -1.85. The second-order valence-corrected chi connectivity index (χ2v) is 4.86. The Morgan fingerprint density at radius 1 is 0.225 bits per heavy atom. The van der Waals surface area contributed by atoms with Crippen molar-refractivity contribution in [2.24, 2.45) is 0 Å². The molecule has 12 heteroatoms. The molecule has 0 saturated heterocycles. The van der Waals surface area contributed by atoms with Crippen LogP contribution >= 0.6 is 0 Å². The van der Waals surface area contributed by atoms with Crippen LogP contribution in [0.3, 0.4) is 0 Å². The summed E-state index contributed by atoms with van der Waals surface area (Å²) in [6, 6.07) is 0. The third-order valence-corrected chi connectivity index (χ3v) is 3.00. The molecule has 0 aliphatic heterocycles. The van der Waals surface area contributed by atoms with E-state index in [1.54, 1.807) is 0 Å². The predicted octanol–water partition coefficient (Wildman–Crippen LogP) is 10.4. The van der Waals surface area contributed by atoms with Gasteiger partial charge in [-0.25, -0.2) is 61.2 Å². The molecule has 0 aromatic carbocycles. The third-order valence-electron chi connectivity index (χ3n) is 3.00. The normalized spacial score (nSPS) is 8.40. The molecule has 2 rings (SSSR count). The van der Waals surface area contributed by atoms with E-state index < -0.39 is 0 Å². The average Bonchev–Trinajstić information content (AvgIpc) is 2.75. The lowest BCUT2D eigenvalue weighted by Gasteiger charge is -2.05. The van der Waals surface area contributed by atoms with Gasteiger partial charge in [-0.15, -0.1) is 0 Å². The summed E-state index contributed by atoms with van der Waals surface area (Å²) in [6.07, 6.45) is 22.5. The second kappa shape index (κ2) is 203. The van der Waals surface area contributed by atoms with Crippen molar-refractivity contribution in [1.29, 1.82) is 32.5 Å². The van der Waals surface area contributed by atoms with Crippen molar-refractivity contribution in [1.82, 2.24) is 0 Å². The smallest absolute Gasteiger partial charge is 0.222 e. The minimum Gasteiger partial charge on any atom is -0.222 e. The van der Waals surface area contributed by atoms with Crippen molar-refractivity contribution >= 4 is 36.5 Å². The molecule has 0 radical (unpaired) electrons. The van der Waals surface area contributed by atoms with Gasteiger partial charge in [0.25, 0.3) is 0 Å². The first-order chi connectivity index (χ1) is 14.5. The third kappa shape index (κ3) is 554. The van der Waals surface area contributed by atoms with Gasteiger partial charge in [0.05, 0.1) is 0 Å². The summed E-state index contributed by atoms with van der Waals surface area (Å²) < 4.78 is 0. The molecule has 2 aliphatic rings. The van der Waals surface area contributed by atoms with Crippen LogP contribution in [-0.4, -0.2) is 36.5 Å². The number of isocyanates is 6. The van der Waals surface area contributed by atoms with Gasteiger partial charge in [0, 0.05) is 0 Å². The molecule has 0 bridgehead atoms. The first-order valence-corrected chi connectivity index (χ1v) is 8.72. The van der Waals surface area contributed by atoms with Gasteiger partial charge in [-0.2, -0.15) is 0 Å². The number of hydrogen-bond acceptors (Lipinski definition) is 12. The molecule has 2 saturated carbocycles. The molecule has 6 N–H and O–H groups in total. The predicted molar refractivity (Wildman–Crippen MR) is 173 cm³/mol. The Morgan fingerprint density at radius 3 is 0.275 bits per heavy atom. The molecular formula is C28H70N6O6. The summed E-state index contributed by atoms with van der Waals surface area (Å²) >= 11 is 0. The molecule has 0 aromatic rings. The SMILES string of the molecule is C.C.C.C.C.C.C.C.C.C.C1CCCCC1.C1CCCCC1.N=C=O.N=C=O.N=C=O.N=C=O.N=C=O.N=C=O. The quantitative estimate of drug-likeness (QED) is 0.119. The molecule has 0 spiro atoms. The fourth-order valence-corrected chi connectivity index (χ4v) is 2.12. The molecule has 248 valence electrons. The van der Waals surface area contributed by atoms with Gasteiger partial charge in [0.2, 0.25) is 36.5 Å². The molecule has 40 heavy (non-hydrogen) atoms. The highest BCUT2D eigenvalue weighted by atomic mass is 16.1. The van der Waals surface area contributed by atoms with Crippen LogP contribution in [0.2, 0.25) is 0 Å². The molecule has 12 nitrogen and oxygen atoms in total. The van der Waals surface area contributed by atoms with Crippen LogP contribution in [0.25, 0.3) is 0 Å². The Morgan fingerprint density at radius 2 is 0.250 bits per heavy atom. The van der Waals surface area contributed by atoms with Gasteiger partial charge >= 0.3 is 0 Å². The van der Waals surface area contributed by atoms with Gasteiger partial charge < -0.3 is 0 Å². The molecule has 2 fully saturated rings. The highest BCUT2D eigenvalue weighted by Crippen LogP contribution is 2.15. The van der Waals surface area contributed by atoms with Gasteiger partial charge in [-0.3, -0.25) is 0 Å². The Hall–Kier alpha value is -3.72. The number of carbonyl (C=O) groups excluding carboxylic acids is 6. The minimum absolute atomic E-state index is 0. The van der Waals surface area contributed by atoms with Gasteiger partial charge in [-0.05, 0) is 0 Å². The molecular weight excluding hydrogens is 516 g/mol. The number of nitrogens with one attached hydrogen (secondary N) is 6. The Balaban J connectivity index is -0.0000000116. The molecule has 0 atom stereocenters. The monoisotopic (exact) mass is 587 g/mol. The van der Waals surface area contributed by atoms with Crippen molar-refractivity contribution in [2.75, 3.05) is 0 Å². The van der Waals surface area contributed by atoms with E-state index in [2.05, 4.69) is 0 Å². The zero-order chi connectivity index (χ0) is 24.7. The standard InChI is InChI=1S/2C6H12.6CHNO.10CH4/c2*1-2-4-6-5-3-1;6*2-1-3;;;;;;;;;;/h2*1-6H2;6*2H;10*1H4. The molecule has 0 aromatic heterocycles. The Kier molecular flexibility index (Phi) is 558. The van der Waals surface area contributed by atoms with E-state index in [9.17, 15) is 0 Å². The second-order valence-electron chi connectivity index (χ2n) is 4.86. The summed E-state index contributed by atoms with van der Waals surface area (Å²) in [5, 5.41) is 32.4. The van der Waals surface area contributed by atoms with E-state index in [1.165, 1.54) is 77.0 Å². The van der Waals surface area contributed by atoms with E-state index in [0.29, 0.717) is 0 Å². The van der Waals surface area contributed by atoms with Crippen molar-refractivity contribution in [3.8, 4) is 0 Å². The fourth-order valence-electron chi connectivity index (χ4n) is 2.12. The van der Waals surface area contributed by atoms with Crippen molar-refractivity contribution in [2.45, 2.75) is 151 Å². The van der Waals surface area contributed by atoms with Crippen molar-refractivity contribution in [3.05, 3.63) is 0 Å². The van der Waals surface area contributed by atoms with E-state index in [1.807, 2.05) is 0 Å². The van der Waals surface area contributed by atoms with Gasteiger partial charge in [0.15, 0.2) is 0 Å². The zero-order valence-electron chi connectivity index (χ0n) is 16.9. The topological polar surface area (TPSA) is 246 Å². The summed E-state index contributed by atoms with van der Waals surface area (Å²) in [7, 11) is 0. The van der Waals surface area contributed by atoms with E-state index in [4.69, 9.17) is 61.2 Å². The number of hydrogen-bond donors (Lipinski definition) is 6. The molecule has 0 amide bonds. The van der Waals surface area contributed by atoms with Crippen LogP contribution in [0.4, 0.5) is 0 Å². The van der Waals surface area contributed by atoms with Crippen LogP contribution in [0, 0.1) is 32.5 Å². The maximum absolute atomic E-state index is 8.35. The summed E-state index contributed by atoms with van der Waals surface area (Å²) in [5.74, 6) is 0. The first-order valence-electron chi connectivity index (χ1n) is 8.72. The van der Waals surface area contributed by atoms with Crippen LogP contribution in [0.5, 0.6) is 0 Å². The lowest BCUT2D eigenvalue weighted by atomic mass is 10.0. The fraction of sp³-hybridized carbons (Fsp3) is 0.786. The van der Waals surface area contributed by atoms with E-state index >= 15 is 0 Å². The van der Waals surface area contributed by atoms with Crippen LogP contribution in [0.1, 0.15) is 151 Å². The summed E-state index contributed by atoms with van der Waals surface area (Å²) in [5.41, 5.74) is 0. The molecule has 0 heterocycles. The molecule has 2 aliphatic carbocycles. The maximum atomic E-state index is 8.35. The van der Waals surface area contributed by atoms with E-state index in [0.717, 1.165) is 36.5 Å². The highest BCUT2D eigenvalue weighted by Gasteiger charge is 1.96. The number of rotatable bonds is 0. The van der Waals surface area contributed by atoms with Crippen LogP contribution in [-0.2, 0) is 28.8 Å². The largest absolute Gasteiger partial charge is 0.231 e. The lowest BCUT2D eigenvalue weighted by molar-refractivity contribution is 0.504. The molecule has 0 unspecified atom stereocenters. The van der Waals surface area contributed by atoms with Gasteiger partial charge in [0.1, 0.15) is 0 Å². The van der Waals surface area contributed by atoms with Crippen LogP contribution < -0.4 is 0 Å². The van der Waals surface area contributed by atoms with Crippen LogP contribution in [0.15, 0.2) is 0 Å².